The number of aryl methyl sites for hydroxylation is 1. The SMILES string of the molecule is Cc1cc(S(=O)(=O)NCCC(C)N)sc1Cl. The van der Waals surface area contributed by atoms with Crippen molar-refractivity contribution in [1.29, 1.82) is 0 Å². The number of rotatable bonds is 5. The molecule has 7 heteroatoms. The Bertz CT molecular complexity index is 435. The van der Waals surface area contributed by atoms with E-state index in [2.05, 4.69) is 4.72 Å². The van der Waals surface area contributed by atoms with E-state index in [1.807, 2.05) is 6.92 Å². The van der Waals surface area contributed by atoms with Gasteiger partial charge in [0.1, 0.15) is 4.21 Å². The summed E-state index contributed by atoms with van der Waals surface area (Å²) in [5.74, 6) is 0. The Kier molecular flexibility index (Phi) is 4.75. The summed E-state index contributed by atoms with van der Waals surface area (Å²) in [6.45, 7) is 3.95. The molecule has 1 aromatic heterocycles. The monoisotopic (exact) mass is 282 g/mol. The van der Waals surface area contributed by atoms with Crippen molar-refractivity contribution in [2.75, 3.05) is 6.54 Å². The number of nitrogens with two attached hydrogens (primary N) is 1. The first kappa shape index (κ1) is 13.9. The summed E-state index contributed by atoms with van der Waals surface area (Å²) in [7, 11) is -3.43. The predicted molar refractivity (Wildman–Crippen MR) is 67.5 cm³/mol. The number of nitrogens with one attached hydrogen (secondary N) is 1. The highest BCUT2D eigenvalue weighted by Crippen LogP contribution is 2.29. The van der Waals surface area contributed by atoms with E-state index in [1.54, 1.807) is 13.0 Å². The van der Waals surface area contributed by atoms with Crippen molar-refractivity contribution in [3.8, 4) is 0 Å². The second-order valence-electron chi connectivity index (χ2n) is 3.69. The minimum absolute atomic E-state index is 0.0173. The van der Waals surface area contributed by atoms with E-state index in [0.29, 0.717) is 17.3 Å². The maximum absolute atomic E-state index is 11.8. The van der Waals surface area contributed by atoms with Gasteiger partial charge in [0.15, 0.2) is 0 Å². The molecule has 0 fully saturated rings. The molecule has 0 aliphatic rings. The summed E-state index contributed by atoms with van der Waals surface area (Å²) in [6.07, 6.45) is 0.608. The van der Waals surface area contributed by atoms with E-state index in [0.717, 1.165) is 16.9 Å². The van der Waals surface area contributed by atoms with E-state index in [-0.39, 0.29) is 10.3 Å². The molecule has 0 spiro atoms. The zero-order valence-corrected chi connectivity index (χ0v) is 11.5. The van der Waals surface area contributed by atoms with Crippen molar-refractivity contribution in [3.05, 3.63) is 16.0 Å². The molecular weight excluding hydrogens is 268 g/mol. The Hall–Kier alpha value is -0.140. The van der Waals surface area contributed by atoms with Gasteiger partial charge in [-0.05, 0) is 31.9 Å². The molecule has 0 aromatic carbocycles. The molecule has 92 valence electrons. The van der Waals surface area contributed by atoms with Crippen LogP contribution in [0.15, 0.2) is 10.3 Å². The fourth-order valence-electron chi connectivity index (χ4n) is 1.06. The highest BCUT2D eigenvalue weighted by molar-refractivity contribution is 7.91. The van der Waals surface area contributed by atoms with E-state index >= 15 is 0 Å². The van der Waals surface area contributed by atoms with Gasteiger partial charge in [0.2, 0.25) is 10.0 Å². The van der Waals surface area contributed by atoms with E-state index in [1.165, 1.54) is 0 Å². The van der Waals surface area contributed by atoms with Crippen LogP contribution in [0.2, 0.25) is 4.34 Å². The first-order valence-electron chi connectivity index (χ1n) is 4.84. The van der Waals surface area contributed by atoms with Gasteiger partial charge in [0.25, 0.3) is 0 Å². The molecule has 1 aromatic rings. The summed E-state index contributed by atoms with van der Waals surface area (Å²) in [5.41, 5.74) is 6.31. The maximum atomic E-state index is 11.8. The lowest BCUT2D eigenvalue weighted by atomic mass is 10.3. The first-order valence-corrected chi connectivity index (χ1v) is 7.52. The van der Waals surface area contributed by atoms with Crippen molar-refractivity contribution in [3.63, 3.8) is 0 Å². The van der Waals surface area contributed by atoms with Crippen molar-refractivity contribution >= 4 is 33.0 Å². The van der Waals surface area contributed by atoms with Gasteiger partial charge >= 0.3 is 0 Å². The van der Waals surface area contributed by atoms with Gasteiger partial charge in [-0.2, -0.15) is 0 Å². The third-order valence-corrected chi connectivity index (χ3v) is 5.48. The topological polar surface area (TPSA) is 72.2 Å². The number of halogens is 1. The smallest absolute Gasteiger partial charge is 0.250 e. The highest BCUT2D eigenvalue weighted by Gasteiger charge is 2.17. The van der Waals surface area contributed by atoms with Gasteiger partial charge in [-0.3, -0.25) is 0 Å². The molecule has 1 heterocycles. The minimum atomic E-state index is -3.43. The lowest BCUT2D eigenvalue weighted by Crippen LogP contribution is -2.28. The van der Waals surface area contributed by atoms with Gasteiger partial charge in [-0.15, -0.1) is 11.3 Å². The number of hydrogen-bond acceptors (Lipinski definition) is 4. The van der Waals surface area contributed by atoms with Crippen LogP contribution in [-0.2, 0) is 10.0 Å². The highest BCUT2D eigenvalue weighted by atomic mass is 35.5. The van der Waals surface area contributed by atoms with Gasteiger partial charge in [0, 0.05) is 12.6 Å². The Morgan fingerprint density at radius 3 is 2.69 bits per heavy atom. The summed E-state index contributed by atoms with van der Waals surface area (Å²) < 4.78 is 26.8. The molecule has 0 aliphatic carbocycles. The number of sulfonamides is 1. The van der Waals surface area contributed by atoms with Crippen LogP contribution in [0.4, 0.5) is 0 Å². The molecule has 0 saturated carbocycles. The molecule has 0 radical (unpaired) electrons. The predicted octanol–water partition coefficient (Wildman–Crippen LogP) is 1.73. The van der Waals surface area contributed by atoms with Crippen molar-refractivity contribution in [1.82, 2.24) is 4.72 Å². The zero-order chi connectivity index (χ0) is 12.3. The fraction of sp³-hybridized carbons (Fsp3) is 0.556. The lowest BCUT2D eigenvalue weighted by Gasteiger charge is -2.06. The minimum Gasteiger partial charge on any atom is -0.328 e. The van der Waals surface area contributed by atoms with Crippen LogP contribution in [0.5, 0.6) is 0 Å². The van der Waals surface area contributed by atoms with Gasteiger partial charge in [0.05, 0.1) is 4.34 Å². The van der Waals surface area contributed by atoms with Crippen molar-refractivity contribution < 1.29 is 8.42 Å². The molecule has 3 N–H and O–H groups in total. The largest absolute Gasteiger partial charge is 0.328 e. The van der Waals surface area contributed by atoms with Crippen LogP contribution < -0.4 is 10.5 Å². The zero-order valence-electron chi connectivity index (χ0n) is 9.16. The molecule has 0 saturated heterocycles. The molecule has 0 bridgehead atoms. The molecule has 16 heavy (non-hydrogen) atoms. The summed E-state index contributed by atoms with van der Waals surface area (Å²) in [5, 5.41) is 0. The van der Waals surface area contributed by atoms with Crippen LogP contribution in [0, 0.1) is 6.92 Å². The van der Waals surface area contributed by atoms with E-state index < -0.39 is 10.0 Å². The van der Waals surface area contributed by atoms with Crippen LogP contribution in [0.1, 0.15) is 18.9 Å². The van der Waals surface area contributed by atoms with Crippen molar-refractivity contribution in [2.24, 2.45) is 5.73 Å². The average Bonchev–Trinajstić information content (AvgIpc) is 2.46. The molecule has 0 aliphatic heterocycles. The Morgan fingerprint density at radius 2 is 2.25 bits per heavy atom. The molecular formula is C9H15ClN2O2S2. The second kappa shape index (κ2) is 5.46. The third kappa shape index (κ3) is 3.71. The van der Waals surface area contributed by atoms with E-state index in [9.17, 15) is 8.42 Å². The first-order chi connectivity index (χ1) is 7.33. The standard InChI is InChI=1S/C9H15ClN2O2S2/c1-6-5-8(15-9(6)10)16(13,14)12-4-3-7(2)11/h5,7,12H,3-4,11H2,1-2H3. The quantitative estimate of drug-likeness (QED) is 0.864. The Balaban J connectivity index is 2.71. The summed E-state index contributed by atoms with van der Waals surface area (Å²) >= 11 is 6.89. The number of thiophene rings is 1. The fourth-order valence-corrected chi connectivity index (χ4v) is 3.86. The summed E-state index contributed by atoms with van der Waals surface area (Å²) in [6, 6.07) is 1.55. The van der Waals surface area contributed by atoms with Gasteiger partial charge in [-0.1, -0.05) is 11.6 Å². The van der Waals surface area contributed by atoms with Gasteiger partial charge in [-0.25, -0.2) is 13.1 Å². The molecule has 4 nitrogen and oxygen atoms in total. The van der Waals surface area contributed by atoms with Crippen molar-refractivity contribution in [2.45, 2.75) is 30.5 Å². The van der Waals surface area contributed by atoms with Crippen LogP contribution in [0.25, 0.3) is 0 Å². The van der Waals surface area contributed by atoms with E-state index in [4.69, 9.17) is 17.3 Å². The van der Waals surface area contributed by atoms with Crippen LogP contribution in [0.3, 0.4) is 0 Å². The normalized spacial score (nSPS) is 14.0. The molecule has 1 unspecified atom stereocenters. The third-order valence-electron chi connectivity index (χ3n) is 1.99. The number of hydrogen-bond donors (Lipinski definition) is 2. The molecule has 1 rings (SSSR count). The second-order valence-corrected chi connectivity index (χ2v) is 7.33. The van der Waals surface area contributed by atoms with Crippen LogP contribution >= 0.6 is 22.9 Å². The Labute approximate surface area is 105 Å². The average molecular weight is 283 g/mol. The summed E-state index contributed by atoms with van der Waals surface area (Å²) in [4.78, 5) is 0. The lowest BCUT2D eigenvalue weighted by molar-refractivity contribution is 0.573. The van der Waals surface area contributed by atoms with Gasteiger partial charge < -0.3 is 5.73 Å². The Morgan fingerprint density at radius 1 is 1.62 bits per heavy atom. The maximum Gasteiger partial charge on any atom is 0.250 e. The molecule has 1 atom stereocenters. The van der Waals surface area contributed by atoms with Crippen LogP contribution in [-0.4, -0.2) is 21.0 Å². The molecule has 0 amide bonds.